The zero-order valence-corrected chi connectivity index (χ0v) is 12.2. The summed E-state index contributed by atoms with van der Waals surface area (Å²) < 4.78 is 0. The summed E-state index contributed by atoms with van der Waals surface area (Å²) >= 11 is 1.77. The second-order valence-corrected chi connectivity index (χ2v) is 6.54. The second-order valence-electron chi connectivity index (χ2n) is 5.63. The molecule has 0 aliphatic heterocycles. The SMILES string of the molecule is Cc1csc(-c2ccccc2C2(O)CCCCC2)c1. The van der Waals surface area contributed by atoms with Crippen molar-refractivity contribution in [1.29, 1.82) is 0 Å². The van der Waals surface area contributed by atoms with Gasteiger partial charge in [-0.05, 0) is 47.9 Å². The van der Waals surface area contributed by atoms with Gasteiger partial charge in [0.05, 0.1) is 5.60 Å². The molecule has 0 atom stereocenters. The third-order valence-corrected chi connectivity index (χ3v) is 5.19. The van der Waals surface area contributed by atoms with E-state index < -0.39 is 5.60 Å². The van der Waals surface area contributed by atoms with Gasteiger partial charge < -0.3 is 5.11 Å². The molecule has 0 bridgehead atoms. The zero-order valence-electron chi connectivity index (χ0n) is 11.4. The lowest BCUT2D eigenvalue weighted by molar-refractivity contribution is -0.0000760. The van der Waals surface area contributed by atoms with Crippen molar-refractivity contribution in [2.45, 2.75) is 44.6 Å². The van der Waals surface area contributed by atoms with E-state index in [0.29, 0.717) is 0 Å². The summed E-state index contributed by atoms with van der Waals surface area (Å²) in [6, 6.07) is 10.6. The molecule has 2 aromatic rings. The highest BCUT2D eigenvalue weighted by atomic mass is 32.1. The molecule has 1 N–H and O–H groups in total. The van der Waals surface area contributed by atoms with Gasteiger partial charge in [-0.3, -0.25) is 0 Å². The van der Waals surface area contributed by atoms with Crippen LogP contribution in [0.25, 0.3) is 10.4 Å². The van der Waals surface area contributed by atoms with E-state index >= 15 is 0 Å². The van der Waals surface area contributed by atoms with E-state index in [4.69, 9.17) is 0 Å². The molecule has 1 heterocycles. The molecule has 19 heavy (non-hydrogen) atoms. The van der Waals surface area contributed by atoms with Crippen molar-refractivity contribution in [1.82, 2.24) is 0 Å². The molecule has 100 valence electrons. The van der Waals surface area contributed by atoms with Gasteiger partial charge in [-0.1, -0.05) is 43.5 Å². The maximum atomic E-state index is 11.0. The van der Waals surface area contributed by atoms with Crippen LogP contribution < -0.4 is 0 Å². The largest absolute Gasteiger partial charge is 0.385 e. The summed E-state index contributed by atoms with van der Waals surface area (Å²) in [5.74, 6) is 0. The number of hydrogen-bond donors (Lipinski definition) is 1. The lowest BCUT2D eigenvalue weighted by Crippen LogP contribution is -2.29. The van der Waals surface area contributed by atoms with E-state index in [0.717, 1.165) is 31.2 Å². The monoisotopic (exact) mass is 272 g/mol. The maximum Gasteiger partial charge on any atom is 0.0902 e. The van der Waals surface area contributed by atoms with Crippen LogP contribution in [0.3, 0.4) is 0 Å². The molecular weight excluding hydrogens is 252 g/mol. The van der Waals surface area contributed by atoms with Crippen molar-refractivity contribution in [3.05, 3.63) is 46.8 Å². The van der Waals surface area contributed by atoms with Crippen LogP contribution in [0.5, 0.6) is 0 Å². The number of thiophene rings is 1. The Hall–Kier alpha value is -1.12. The van der Waals surface area contributed by atoms with Gasteiger partial charge in [0.1, 0.15) is 0 Å². The van der Waals surface area contributed by atoms with Crippen LogP contribution in [0, 0.1) is 6.92 Å². The smallest absolute Gasteiger partial charge is 0.0902 e. The van der Waals surface area contributed by atoms with Crippen molar-refractivity contribution in [2.24, 2.45) is 0 Å². The first-order chi connectivity index (χ1) is 9.19. The molecule has 3 rings (SSSR count). The van der Waals surface area contributed by atoms with Gasteiger partial charge in [-0.2, -0.15) is 0 Å². The normalized spacial score (nSPS) is 18.4. The molecule has 1 saturated carbocycles. The minimum absolute atomic E-state index is 0.618. The topological polar surface area (TPSA) is 20.2 Å². The van der Waals surface area contributed by atoms with E-state index in [1.165, 1.54) is 22.4 Å². The van der Waals surface area contributed by atoms with E-state index in [1.54, 1.807) is 11.3 Å². The van der Waals surface area contributed by atoms with Crippen LogP contribution in [0.4, 0.5) is 0 Å². The standard InChI is InChI=1S/C17H20OS/c1-13-11-16(19-12-13)14-7-3-4-8-15(14)17(18)9-5-2-6-10-17/h3-4,7-8,11-12,18H,2,5-6,9-10H2,1H3. The van der Waals surface area contributed by atoms with Crippen LogP contribution in [-0.2, 0) is 5.60 Å². The minimum Gasteiger partial charge on any atom is -0.385 e. The molecule has 1 nitrogen and oxygen atoms in total. The van der Waals surface area contributed by atoms with Gasteiger partial charge in [0.25, 0.3) is 0 Å². The van der Waals surface area contributed by atoms with Gasteiger partial charge in [0.2, 0.25) is 0 Å². The van der Waals surface area contributed by atoms with Crippen LogP contribution in [0.15, 0.2) is 35.7 Å². The first kappa shape index (κ1) is 12.9. The van der Waals surface area contributed by atoms with Gasteiger partial charge in [-0.25, -0.2) is 0 Å². The molecule has 0 amide bonds. The van der Waals surface area contributed by atoms with Gasteiger partial charge >= 0.3 is 0 Å². The zero-order chi connectivity index (χ0) is 13.3. The minimum atomic E-state index is -0.618. The van der Waals surface area contributed by atoms with Gasteiger partial charge in [0, 0.05) is 4.88 Å². The lowest BCUT2D eigenvalue weighted by Gasteiger charge is -2.34. The third-order valence-electron chi connectivity index (χ3n) is 4.11. The van der Waals surface area contributed by atoms with Crippen LogP contribution in [0.2, 0.25) is 0 Å². The number of benzene rings is 1. The highest BCUT2D eigenvalue weighted by molar-refractivity contribution is 7.13. The molecule has 2 heteroatoms. The van der Waals surface area contributed by atoms with E-state index in [1.807, 2.05) is 6.07 Å². The molecule has 0 spiro atoms. The highest BCUT2D eigenvalue weighted by Crippen LogP contribution is 2.42. The Balaban J connectivity index is 2.06. The maximum absolute atomic E-state index is 11.0. The van der Waals surface area contributed by atoms with E-state index in [9.17, 15) is 5.11 Å². The van der Waals surface area contributed by atoms with Gasteiger partial charge in [0.15, 0.2) is 0 Å². The Bertz CT molecular complexity index is 564. The summed E-state index contributed by atoms with van der Waals surface area (Å²) in [6.45, 7) is 2.12. The van der Waals surface area contributed by atoms with Crippen molar-refractivity contribution in [3.8, 4) is 10.4 Å². The Morgan fingerprint density at radius 3 is 2.53 bits per heavy atom. The van der Waals surface area contributed by atoms with Gasteiger partial charge in [-0.15, -0.1) is 11.3 Å². The van der Waals surface area contributed by atoms with E-state index in [2.05, 4.69) is 36.6 Å². The molecular formula is C17H20OS. The number of rotatable bonds is 2. The molecule has 1 aromatic carbocycles. The Morgan fingerprint density at radius 2 is 1.84 bits per heavy atom. The first-order valence-corrected chi connectivity index (χ1v) is 7.94. The molecule has 0 saturated heterocycles. The van der Waals surface area contributed by atoms with Crippen molar-refractivity contribution in [3.63, 3.8) is 0 Å². The predicted octanol–water partition coefficient (Wildman–Crippen LogP) is 4.88. The average Bonchev–Trinajstić information content (AvgIpc) is 2.86. The number of hydrogen-bond acceptors (Lipinski definition) is 2. The third kappa shape index (κ3) is 2.47. The summed E-state index contributed by atoms with van der Waals surface area (Å²) in [7, 11) is 0. The summed E-state index contributed by atoms with van der Waals surface area (Å²) in [5.41, 5.74) is 3.01. The van der Waals surface area contributed by atoms with Crippen LogP contribution in [0.1, 0.15) is 43.2 Å². The quantitative estimate of drug-likeness (QED) is 0.826. The van der Waals surface area contributed by atoms with Crippen molar-refractivity contribution in [2.75, 3.05) is 0 Å². The second kappa shape index (κ2) is 5.10. The molecule has 0 unspecified atom stereocenters. The molecule has 1 aromatic heterocycles. The fourth-order valence-electron chi connectivity index (χ4n) is 3.08. The number of aryl methyl sites for hydroxylation is 1. The molecule has 1 aliphatic rings. The highest BCUT2D eigenvalue weighted by Gasteiger charge is 2.33. The Morgan fingerprint density at radius 1 is 1.11 bits per heavy atom. The average molecular weight is 272 g/mol. The molecule has 0 radical (unpaired) electrons. The molecule has 1 fully saturated rings. The Kier molecular flexibility index (Phi) is 3.46. The summed E-state index contributed by atoms with van der Waals surface area (Å²) in [6.07, 6.45) is 5.31. The van der Waals surface area contributed by atoms with E-state index in [-0.39, 0.29) is 0 Å². The summed E-state index contributed by atoms with van der Waals surface area (Å²) in [4.78, 5) is 1.27. The number of aliphatic hydroxyl groups is 1. The lowest BCUT2D eigenvalue weighted by atomic mass is 9.78. The molecule has 1 aliphatic carbocycles. The predicted molar refractivity (Wildman–Crippen MR) is 81.5 cm³/mol. The summed E-state index contributed by atoms with van der Waals surface area (Å²) in [5, 5.41) is 13.2. The van der Waals surface area contributed by atoms with Crippen molar-refractivity contribution >= 4 is 11.3 Å². The Labute approximate surface area is 118 Å². The first-order valence-electron chi connectivity index (χ1n) is 7.06. The van der Waals surface area contributed by atoms with Crippen molar-refractivity contribution < 1.29 is 5.11 Å². The fourth-order valence-corrected chi connectivity index (χ4v) is 4.02. The van der Waals surface area contributed by atoms with Crippen LogP contribution >= 0.6 is 11.3 Å². The van der Waals surface area contributed by atoms with Crippen LogP contribution in [-0.4, -0.2) is 5.11 Å². The fraction of sp³-hybridized carbons (Fsp3) is 0.412.